The number of carbonyl (C=O) groups is 1. The lowest BCUT2D eigenvalue weighted by Gasteiger charge is -2.31. The van der Waals surface area contributed by atoms with Crippen molar-refractivity contribution >= 4 is 27.6 Å². The summed E-state index contributed by atoms with van der Waals surface area (Å²) >= 11 is 1.83. The van der Waals surface area contributed by atoms with Crippen LogP contribution in [0.1, 0.15) is 26.7 Å². The molecule has 1 saturated heterocycles. The van der Waals surface area contributed by atoms with Gasteiger partial charge >= 0.3 is 5.97 Å². The molecule has 0 bridgehead atoms. The lowest BCUT2D eigenvalue weighted by atomic mass is 9.86. The molecule has 0 aromatic heterocycles. The summed E-state index contributed by atoms with van der Waals surface area (Å²) in [4.78, 5) is 11.8. The first kappa shape index (κ1) is 20.7. The maximum absolute atomic E-state index is 13.0. The summed E-state index contributed by atoms with van der Waals surface area (Å²) in [5.41, 5.74) is 0. The Balaban J connectivity index is 2.23. The van der Waals surface area contributed by atoms with E-state index >= 15 is 0 Å². The fourth-order valence-electron chi connectivity index (χ4n) is 3.19. The third-order valence-corrected chi connectivity index (χ3v) is 7.98. The zero-order valence-electron chi connectivity index (χ0n) is 15.0. The number of carboxylic acids is 1. The van der Waals surface area contributed by atoms with Crippen molar-refractivity contribution < 1.29 is 23.1 Å². The van der Waals surface area contributed by atoms with E-state index in [2.05, 4.69) is 11.8 Å². The van der Waals surface area contributed by atoms with E-state index in [4.69, 9.17) is 4.74 Å². The molecule has 1 aliphatic heterocycles. The molecule has 1 aromatic carbocycles. The van der Waals surface area contributed by atoms with Crippen molar-refractivity contribution in [3.05, 3.63) is 24.3 Å². The van der Waals surface area contributed by atoms with E-state index in [0.29, 0.717) is 5.75 Å². The van der Waals surface area contributed by atoms with E-state index in [1.54, 1.807) is 13.8 Å². The highest BCUT2D eigenvalue weighted by molar-refractivity contribution is 7.99. The van der Waals surface area contributed by atoms with Crippen LogP contribution in [0.25, 0.3) is 0 Å². The van der Waals surface area contributed by atoms with Gasteiger partial charge in [0.2, 0.25) is 0 Å². The van der Waals surface area contributed by atoms with Crippen LogP contribution in [0.5, 0.6) is 5.75 Å². The van der Waals surface area contributed by atoms with Crippen LogP contribution in [-0.4, -0.2) is 42.9 Å². The fourth-order valence-corrected chi connectivity index (χ4v) is 6.20. The van der Waals surface area contributed by atoms with Gasteiger partial charge in [0.05, 0.1) is 4.90 Å². The standard InChI is InChI=1S/C19H24O5S2/c1-3-4-11-24-16-5-7-17(8-6-16)26(22,23)18(19(20)21)14(2)15-9-12-25-13-10-15/h5-8,14-15,18H,9-13H2,1-2H3,(H,20,21). The molecule has 5 nitrogen and oxygen atoms in total. The number of aliphatic carboxylic acids is 1. The van der Waals surface area contributed by atoms with Crippen molar-refractivity contribution in [3.63, 3.8) is 0 Å². The summed E-state index contributed by atoms with van der Waals surface area (Å²) in [5.74, 6) is 6.26. The summed E-state index contributed by atoms with van der Waals surface area (Å²) in [7, 11) is -3.98. The zero-order chi connectivity index (χ0) is 19.2. The first-order valence-electron chi connectivity index (χ1n) is 8.55. The van der Waals surface area contributed by atoms with E-state index in [1.807, 2.05) is 11.8 Å². The highest BCUT2D eigenvalue weighted by atomic mass is 32.2. The molecule has 1 aromatic rings. The summed E-state index contributed by atoms with van der Waals surface area (Å²) in [6.07, 6.45) is 1.72. The quantitative estimate of drug-likeness (QED) is 0.714. The SMILES string of the molecule is CC#CCOc1ccc(S(=O)(=O)C(C(=O)O)C(C)C2CCSCC2)cc1. The number of rotatable bonds is 7. The van der Waals surface area contributed by atoms with Crippen LogP contribution < -0.4 is 4.74 Å². The van der Waals surface area contributed by atoms with Gasteiger partial charge in [-0.1, -0.05) is 12.8 Å². The van der Waals surface area contributed by atoms with Gasteiger partial charge in [-0.15, -0.1) is 5.92 Å². The van der Waals surface area contributed by atoms with Crippen molar-refractivity contribution in [3.8, 4) is 17.6 Å². The molecule has 0 aliphatic carbocycles. The Hall–Kier alpha value is -1.65. The van der Waals surface area contributed by atoms with E-state index in [0.717, 1.165) is 24.3 Å². The molecule has 1 N–H and O–H groups in total. The van der Waals surface area contributed by atoms with Gasteiger partial charge in [-0.25, -0.2) is 8.42 Å². The van der Waals surface area contributed by atoms with Gasteiger partial charge < -0.3 is 9.84 Å². The molecular weight excluding hydrogens is 372 g/mol. The van der Waals surface area contributed by atoms with Crippen LogP contribution in [0, 0.1) is 23.7 Å². The normalized spacial score (nSPS) is 17.6. The minimum atomic E-state index is -3.98. The van der Waals surface area contributed by atoms with E-state index < -0.39 is 27.0 Å². The molecule has 26 heavy (non-hydrogen) atoms. The number of benzene rings is 1. The average molecular weight is 397 g/mol. The predicted molar refractivity (Wildman–Crippen MR) is 103 cm³/mol. The van der Waals surface area contributed by atoms with Gasteiger partial charge in [0.25, 0.3) is 0 Å². The summed E-state index contributed by atoms with van der Waals surface area (Å²) in [5, 5.41) is 8.21. The summed E-state index contributed by atoms with van der Waals surface area (Å²) in [6.45, 7) is 3.67. The average Bonchev–Trinajstić information content (AvgIpc) is 2.62. The van der Waals surface area contributed by atoms with Gasteiger partial charge in [-0.2, -0.15) is 11.8 Å². The molecule has 1 aliphatic rings. The molecule has 1 heterocycles. The second-order valence-corrected chi connectivity index (χ2v) is 9.59. The topological polar surface area (TPSA) is 80.7 Å². The second-order valence-electron chi connectivity index (χ2n) is 6.30. The van der Waals surface area contributed by atoms with Crippen LogP contribution in [0.3, 0.4) is 0 Å². The Kier molecular flexibility index (Phi) is 7.42. The van der Waals surface area contributed by atoms with Crippen molar-refractivity contribution in [2.24, 2.45) is 11.8 Å². The van der Waals surface area contributed by atoms with E-state index in [-0.39, 0.29) is 17.4 Å². The maximum Gasteiger partial charge on any atom is 0.322 e. The molecule has 0 amide bonds. The Morgan fingerprint density at radius 2 is 1.92 bits per heavy atom. The van der Waals surface area contributed by atoms with Crippen LogP contribution in [0.2, 0.25) is 0 Å². The van der Waals surface area contributed by atoms with E-state index in [9.17, 15) is 18.3 Å². The van der Waals surface area contributed by atoms with Gasteiger partial charge in [0.1, 0.15) is 12.4 Å². The van der Waals surface area contributed by atoms with Crippen LogP contribution in [0.4, 0.5) is 0 Å². The maximum atomic E-state index is 13.0. The Morgan fingerprint density at radius 3 is 2.46 bits per heavy atom. The molecule has 2 atom stereocenters. The number of sulfone groups is 1. The smallest absolute Gasteiger partial charge is 0.322 e. The molecule has 2 unspecified atom stereocenters. The number of ether oxygens (including phenoxy) is 1. The Labute approximate surface area is 159 Å². The third kappa shape index (κ3) is 4.95. The molecule has 2 rings (SSSR count). The minimum Gasteiger partial charge on any atom is -0.481 e. The van der Waals surface area contributed by atoms with Crippen LogP contribution in [-0.2, 0) is 14.6 Å². The molecular formula is C19H24O5S2. The van der Waals surface area contributed by atoms with Gasteiger partial charge in [0, 0.05) is 0 Å². The lowest BCUT2D eigenvalue weighted by molar-refractivity contribution is -0.137. The van der Waals surface area contributed by atoms with Crippen molar-refractivity contribution in [2.75, 3.05) is 18.1 Å². The molecule has 0 radical (unpaired) electrons. The van der Waals surface area contributed by atoms with Crippen molar-refractivity contribution in [1.82, 2.24) is 0 Å². The van der Waals surface area contributed by atoms with Gasteiger partial charge in [-0.3, -0.25) is 4.79 Å². The fraction of sp³-hybridized carbons (Fsp3) is 0.526. The second kappa shape index (κ2) is 9.33. The van der Waals surface area contributed by atoms with Crippen molar-refractivity contribution in [1.29, 1.82) is 0 Å². The van der Waals surface area contributed by atoms with Gasteiger partial charge in [0.15, 0.2) is 15.1 Å². The van der Waals surface area contributed by atoms with Crippen LogP contribution >= 0.6 is 11.8 Å². The highest BCUT2D eigenvalue weighted by Crippen LogP contribution is 2.35. The highest BCUT2D eigenvalue weighted by Gasteiger charge is 2.42. The third-order valence-electron chi connectivity index (χ3n) is 4.70. The molecule has 0 saturated carbocycles. The minimum absolute atomic E-state index is 0.0101. The number of hydrogen-bond donors (Lipinski definition) is 1. The summed E-state index contributed by atoms with van der Waals surface area (Å²) < 4.78 is 31.3. The molecule has 7 heteroatoms. The van der Waals surface area contributed by atoms with Crippen molar-refractivity contribution in [2.45, 2.75) is 36.8 Å². The number of thioether (sulfide) groups is 1. The van der Waals surface area contributed by atoms with E-state index in [1.165, 1.54) is 24.3 Å². The van der Waals surface area contributed by atoms with Crippen LogP contribution in [0.15, 0.2) is 29.2 Å². The van der Waals surface area contributed by atoms with Gasteiger partial charge in [-0.05, 0) is 67.4 Å². The molecule has 1 fully saturated rings. The Bertz CT molecular complexity index is 768. The predicted octanol–water partition coefficient (Wildman–Crippen LogP) is 3.09. The Morgan fingerprint density at radius 1 is 1.31 bits per heavy atom. The largest absolute Gasteiger partial charge is 0.481 e. The molecule has 142 valence electrons. The number of carboxylic acid groups (broad SMARTS) is 1. The first-order valence-corrected chi connectivity index (χ1v) is 11.2. The molecule has 0 spiro atoms. The number of hydrogen-bond acceptors (Lipinski definition) is 5. The lowest BCUT2D eigenvalue weighted by Crippen LogP contribution is -2.40. The summed E-state index contributed by atoms with van der Waals surface area (Å²) in [6, 6.07) is 5.88. The first-order chi connectivity index (χ1) is 12.4. The zero-order valence-corrected chi connectivity index (χ0v) is 16.6. The monoisotopic (exact) mass is 396 g/mol.